The Bertz CT molecular complexity index is 1210. The molecule has 7 nitrogen and oxygen atoms in total. The van der Waals surface area contributed by atoms with Gasteiger partial charge in [0.15, 0.2) is 6.61 Å². The molecule has 0 spiro atoms. The van der Waals surface area contributed by atoms with Crippen LogP contribution in [-0.2, 0) is 25.6 Å². The summed E-state index contributed by atoms with van der Waals surface area (Å²) in [6.45, 7) is 4.59. The molecule has 1 heterocycles. The Morgan fingerprint density at radius 2 is 1.91 bits per heavy atom. The van der Waals surface area contributed by atoms with Gasteiger partial charge in [-0.3, -0.25) is 4.79 Å². The van der Waals surface area contributed by atoms with Crippen molar-refractivity contribution in [3.63, 3.8) is 0 Å². The number of carbonyl (C=O) groups is 2. The predicted octanol–water partition coefficient (Wildman–Crippen LogP) is 3.99. The molecule has 7 heteroatoms. The molecular weight excluding hydrogens is 406 g/mol. The molecule has 2 aromatic carbocycles. The number of benzene rings is 2. The number of amides is 1. The lowest BCUT2D eigenvalue weighted by atomic mass is 10.1. The minimum absolute atomic E-state index is 0.171. The van der Waals surface area contributed by atoms with E-state index in [2.05, 4.69) is 5.32 Å². The van der Waals surface area contributed by atoms with Crippen molar-refractivity contribution in [1.29, 1.82) is 5.26 Å². The van der Waals surface area contributed by atoms with Gasteiger partial charge in [0.1, 0.15) is 11.6 Å². The molecule has 0 fully saturated rings. The fourth-order valence-electron chi connectivity index (χ4n) is 3.52. The molecule has 1 aromatic heterocycles. The summed E-state index contributed by atoms with van der Waals surface area (Å²) >= 11 is 0. The zero-order chi connectivity index (χ0) is 23.1. The molecule has 1 N–H and O–H groups in total. The Morgan fingerprint density at radius 1 is 1.16 bits per heavy atom. The van der Waals surface area contributed by atoms with Gasteiger partial charge in [-0.25, -0.2) is 4.79 Å². The number of anilines is 1. The van der Waals surface area contributed by atoms with Crippen LogP contribution in [0.5, 0.6) is 0 Å². The molecule has 0 unspecified atom stereocenters. The zero-order valence-electron chi connectivity index (χ0n) is 18.3. The summed E-state index contributed by atoms with van der Waals surface area (Å²) in [5.74, 6) is -1.33. The largest absolute Gasteiger partial charge is 0.451 e. The summed E-state index contributed by atoms with van der Waals surface area (Å²) in [6, 6.07) is 17.0. The van der Waals surface area contributed by atoms with E-state index in [-0.39, 0.29) is 5.57 Å². The van der Waals surface area contributed by atoms with Gasteiger partial charge < -0.3 is 19.4 Å². The average Bonchev–Trinajstić information content (AvgIpc) is 3.06. The average molecular weight is 431 g/mol. The first-order chi connectivity index (χ1) is 15.4. The van der Waals surface area contributed by atoms with Crippen LogP contribution < -0.4 is 5.32 Å². The van der Waals surface area contributed by atoms with Gasteiger partial charge in [-0.05, 0) is 43.0 Å². The van der Waals surface area contributed by atoms with Crippen LogP contribution in [0.2, 0.25) is 0 Å². The smallest absolute Gasteiger partial charge is 0.349 e. The highest BCUT2D eigenvalue weighted by molar-refractivity contribution is 6.04. The van der Waals surface area contributed by atoms with E-state index in [9.17, 15) is 14.9 Å². The lowest BCUT2D eigenvalue weighted by Gasteiger charge is -2.09. The molecule has 1 amide bonds. The van der Waals surface area contributed by atoms with Gasteiger partial charge in [-0.2, -0.15) is 5.26 Å². The maximum atomic E-state index is 12.4. The minimum Gasteiger partial charge on any atom is -0.451 e. The first kappa shape index (κ1) is 22.8. The van der Waals surface area contributed by atoms with Gasteiger partial charge in [-0.1, -0.05) is 36.4 Å². The number of nitriles is 1. The van der Waals surface area contributed by atoms with Crippen LogP contribution >= 0.6 is 0 Å². The molecule has 0 atom stereocenters. The Morgan fingerprint density at radius 3 is 2.66 bits per heavy atom. The number of nitrogens with zero attached hydrogens (tertiary/aromatic N) is 2. The molecule has 0 saturated carbocycles. The van der Waals surface area contributed by atoms with Crippen LogP contribution in [0.3, 0.4) is 0 Å². The molecule has 0 aliphatic rings. The Kier molecular flexibility index (Phi) is 7.42. The van der Waals surface area contributed by atoms with E-state index < -0.39 is 18.5 Å². The molecule has 3 aromatic rings. The van der Waals surface area contributed by atoms with Crippen molar-refractivity contribution in [3.8, 4) is 6.07 Å². The molecule has 0 aliphatic carbocycles. The second-order valence-electron chi connectivity index (χ2n) is 7.29. The van der Waals surface area contributed by atoms with Gasteiger partial charge in [0.2, 0.25) is 0 Å². The molecule has 32 heavy (non-hydrogen) atoms. The van der Waals surface area contributed by atoms with Gasteiger partial charge in [0.25, 0.3) is 5.91 Å². The summed E-state index contributed by atoms with van der Waals surface area (Å²) in [7, 11) is 1.63. The molecule has 0 bridgehead atoms. The van der Waals surface area contributed by atoms with Crippen molar-refractivity contribution in [3.05, 3.63) is 71.1 Å². The van der Waals surface area contributed by atoms with Gasteiger partial charge >= 0.3 is 5.97 Å². The molecule has 0 aliphatic heterocycles. The molecule has 0 radical (unpaired) electrons. The maximum Gasteiger partial charge on any atom is 0.349 e. The number of esters is 1. The SMILES string of the molecule is COCCn1c(C)cc(/C=C(\C#N)C(=O)OCC(=O)Nc2cccc3ccccc23)c1C. The number of aryl methyl sites for hydroxylation is 1. The number of rotatable bonds is 8. The third kappa shape index (κ3) is 5.23. The first-order valence-electron chi connectivity index (χ1n) is 10.2. The number of methoxy groups -OCH3 is 1. The van der Waals surface area contributed by atoms with Crippen molar-refractivity contribution in [2.45, 2.75) is 20.4 Å². The third-order valence-electron chi connectivity index (χ3n) is 5.17. The van der Waals surface area contributed by atoms with Crippen LogP contribution in [0.1, 0.15) is 17.0 Å². The maximum absolute atomic E-state index is 12.4. The lowest BCUT2D eigenvalue weighted by molar-refractivity contribution is -0.142. The summed E-state index contributed by atoms with van der Waals surface area (Å²) < 4.78 is 12.3. The van der Waals surface area contributed by atoms with Crippen LogP contribution in [0.25, 0.3) is 16.8 Å². The number of aromatic nitrogens is 1. The second kappa shape index (κ2) is 10.4. The Hall–Kier alpha value is -3.89. The first-order valence-corrected chi connectivity index (χ1v) is 10.2. The second-order valence-corrected chi connectivity index (χ2v) is 7.29. The number of hydrogen-bond donors (Lipinski definition) is 1. The van der Waals surface area contributed by atoms with E-state index in [1.54, 1.807) is 13.2 Å². The van der Waals surface area contributed by atoms with E-state index in [4.69, 9.17) is 9.47 Å². The van der Waals surface area contributed by atoms with Crippen LogP contribution in [0.4, 0.5) is 5.69 Å². The normalized spacial score (nSPS) is 11.2. The molecule has 0 saturated heterocycles. The molecule has 3 rings (SSSR count). The summed E-state index contributed by atoms with van der Waals surface area (Å²) in [4.78, 5) is 24.7. The molecule has 164 valence electrons. The standard InChI is InChI=1S/C25H25N3O4/c1-17-13-20(18(2)28(17)11-12-31-3)14-21(15-26)25(30)32-16-24(29)27-23-10-6-8-19-7-4-5-9-22(19)23/h4-10,13-14H,11-12,16H2,1-3H3,(H,27,29)/b21-14+. The topological polar surface area (TPSA) is 93.3 Å². The highest BCUT2D eigenvalue weighted by Crippen LogP contribution is 2.23. The predicted molar refractivity (Wildman–Crippen MR) is 123 cm³/mol. The van der Waals surface area contributed by atoms with Gasteiger partial charge in [0.05, 0.1) is 6.61 Å². The van der Waals surface area contributed by atoms with Crippen LogP contribution in [0.15, 0.2) is 54.1 Å². The molecular formula is C25H25N3O4. The minimum atomic E-state index is -0.845. The van der Waals surface area contributed by atoms with Gasteiger partial charge in [-0.15, -0.1) is 0 Å². The van der Waals surface area contributed by atoms with Crippen molar-refractivity contribution in [2.24, 2.45) is 0 Å². The van der Waals surface area contributed by atoms with Crippen molar-refractivity contribution < 1.29 is 19.1 Å². The summed E-state index contributed by atoms with van der Waals surface area (Å²) in [5, 5.41) is 14.1. The van der Waals surface area contributed by atoms with E-state index in [0.29, 0.717) is 18.8 Å². The quantitative estimate of drug-likeness (QED) is 0.331. The summed E-state index contributed by atoms with van der Waals surface area (Å²) in [5.41, 5.74) is 3.10. The van der Waals surface area contributed by atoms with E-state index >= 15 is 0 Å². The lowest BCUT2D eigenvalue weighted by Crippen LogP contribution is -2.21. The van der Waals surface area contributed by atoms with E-state index in [1.807, 2.05) is 66.9 Å². The van der Waals surface area contributed by atoms with Crippen molar-refractivity contribution in [1.82, 2.24) is 4.57 Å². The highest BCUT2D eigenvalue weighted by Gasteiger charge is 2.16. The fraction of sp³-hybridized carbons (Fsp3) is 0.240. The third-order valence-corrected chi connectivity index (χ3v) is 5.17. The zero-order valence-corrected chi connectivity index (χ0v) is 18.3. The number of carbonyl (C=O) groups excluding carboxylic acids is 2. The fourth-order valence-corrected chi connectivity index (χ4v) is 3.52. The van der Waals surface area contributed by atoms with Crippen LogP contribution in [0, 0.1) is 25.2 Å². The summed E-state index contributed by atoms with van der Waals surface area (Å²) in [6.07, 6.45) is 1.48. The van der Waals surface area contributed by atoms with Crippen molar-refractivity contribution in [2.75, 3.05) is 25.6 Å². The number of hydrogen-bond acceptors (Lipinski definition) is 5. The monoisotopic (exact) mass is 431 g/mol. The highest BCUT2D eigenvalue weighted by atomic mass is 16.5. The Labute approximate surface area is 186 Å². The van der Waals surface area contributed by atoms with E-state index in [0.717, 1.165) is 27.7 Å². The number of fused-ring (bicyclic) bond motifs is 1. The van der Waals surface area contributed by atoms with E-state index in [1.165, 1.54) is 6.08 Å². The van der Waals surface area contributed by atoms with Gasteiger partial charge in [0, 0.05) is 36.1 Å². The van der Waals surface area contributed by atoms with Crippen molar-refractivity contribution >= 4 is 34.4 Å². The number of ether oxygens (including phenoxy) is 2. The Balaban J connectivity index is 1.67. The number of nitrogens with one attached hydrogen (secondary N) is 1. The van der Waals surface area contributed by atoms with Crippen LogP contribution in [-0.4, -0.2) is 36.8 Å².